The number of nitrogens with zero attached hydrogens (tertiary/aromatic N) is 2. The van der Waals surface area contributed by atoms with E-state index in [1.54, 1.807) is 22.4 Å². The number of amides is 2. The van der Waals surface area contributed by atoms with Crippen molar-refractivity contribution in [1.82, 2.24) is 15.2 Å². The molecule has 1 aliphatic rings. The second-order valence-electron chi connectivity index (χ2n) is 9.38. The molecule has 35 heavy (non-hydrogen) atoms. The first-order valence-electron chi connectivity index (χ1n) is 11.4. The second kappa shape index (κ2) is 10.4. The summed E-state index contributed by atoms with van der Waals surface area (Å²) in [5.74, 6) is -1.47. The highest BCUT2D eigenvalue weighted by Gasteiger charge is 2.30. The fourth-order valence-electron chi connectivity index (χ4n) is 4.30. The Labute approximate surface area is 212 Å². The van der Waals surface area contributed by atoms with Crippen LogP contribution in [0.5, 0.6) is 0 Å². The molecule has 0 saturated carbocycles. The molecule has 2 aromatic carbocycles. The van der Waals surface area contributed by atoms with Gasteiger partial charge in [0.15, 0.2) is 0 Å². The summed E-state index contributed by atoms with van der Waals surface area (Å²) in [6.07, 6.45) is 1.89. The normalized spacial score (nSPS) is 14.7. The van der Waals surface area contributed by atoms with Gasteiger partial charge in [0.1, 0.15) is 17.3 Å². The Morgan fingerprint density at radius 2 is 1.83 bits per heavy atom. The van der Waals surface area contributed by atoms with Crippen LogP contribution in [0.3, 0.4) is 0 Å². The zero-order chi connectivity index (χ0) is 25.2. The monoisotopic (exact) mass is 517 g/mol. The molecular weight excluding hydrogens is 492 g/mol. The molecule has 0 aliphatic carbocycles. The molecule has 3 aromatic rings. The predicted molar refractivity (Wildman–Crippen MR) is 133 cm³/mol. The zero-order valence-electron chi connectivity index (χ0n) is 19.5. The van der Waals surface area contributed by atoms with Crippen molar-refractivity contribution in [3.05, 3.63) is 86.3 Å². The van der Waals surface area contributed by atoms with E-state index < -0.39 is 17.3 Å². The Balaban J connectivity index is 1.34. The maximum Gasteiger partial charge on any atom is 0.271 e. The molecule has 0 bridgehead atoms. The van der Waals surface area contributed by atoms with E-state index in [-0.39, 0.29) is 28.2 Å². The van der Waals surface area contributed by atoms with Crippen LogP contribution < -0.4 is 5.32 Å². The molecule has 0 atom stereocenters. The number of carbonyl (C=O) groups excluding carboxylic acids is 2. The Morgan fingerprint density at radius 3 is 2.49 bits per heavy atom. The largest absolute Gasteiger partial charge is 0.345 e. The number of benzene rings is 2. The van der Waals surface area contributed by atoms with Gasteiger partial charge in [-0.05, 0) is 62.9 Å². The number of carbonyl (C=O) groups is 2. The third-order valence-corrected chi connectivity index (χ3v) is 7.40. The van der Waals surface area contributed by atoms with Crippen LogP contribution >= 0.6 is 22.9 Å². The summed E-state index contributed by atoms with van der Waals surface area (Å²) in [6, 6.07) is 10.4. The number of rotatable bonds is 6. The van der Waals surface area contributed by atoms with Crippen LogP contribution in [0, 0.1) is 11.6 Å². The lowest BCUT2D eigenvalue weighted by molar-refractivity contribution is 0.0708. The predicted octanol–water partition coefficient (Wildman–Crippen LogP) is 5.85. The lowest BCUT2D eigenvalue weighted by Crippen LogP contribution is -2.45. The smallest absolute Gasteiger partial charge is 0.271 e. The van der Waals surface area contributed by atoms with Crippen molar-refractivity contribution in [2.45, 2.75) is 44.6 Å². The molecule has 4 rings (SSSR count). The molecule has 0 unspecified atom stereocenters. The molecule has 2 amide bonds. The number of likely N-dealkylation sites (tertiary alicyclic amines) is 1. The van der Waals surface area contributed by atoms with Gasteiger partial charge >= 0.3 is 0 Å². The Hall–Kier alpha value is -2.84. The van der Waals surface area contributed by atoms with Crippen molar-refractivity contribution in [2.24, 2.45) is 0 Å². The molecule has 1 saturated heterocycles. The van der Waals surface area contributed by atoms with Crippen LogP contribution in [0.4, 0.5) is 8.78 Å². The van der Waals surface area contributed by atoms with Crippen molar-refractivity contribution in [3.8, 4) is 0 Å². The van der Waals surface area contributed by atoms with E-state index in [2.05, 4.69) is 10.3 Å². The molecule has 5 nitrogen and oxygen atoms in total. The van der Waals surface area contributed by atoms with E-state index in [1.807, 2.05) is 13.8 Å². The summed E-state index contributed by atoms with van der Waals surface area (Å²) in [7, 11) is 0. The van der Waals surface area contributed by atoms with E-state index in [9.17, 15) is 18.4 Å². The van der Waals surface area contributed by atoms with Gasteiger partial charge in [0.05, 0.1) is 15.6 Å². The van der Waals surface area contributed by atoms with Crippen molar-refractivity contribution in [1.29, 1.82) is 0 Å². The summed E-state index contributed by atoms with van der Waals surface area (Å²) in [5.41, 5.74) is 0.643. The number of hydrogen-bond donors (Lipinski definition) is 1. The summed E-state index contributed by atoms with van der Waals surface area (Å²) >= 11 is 7.48. The van der Waals surface area contributed by atoms with Gasteiger partial charge in [0, 0.05) is 29.9 Å². The van der Waals surface area contributed by atoms with Crippen LogP contribution in [-0.4, -0.2) is 40.3 Å². The molecule has 1 N–H and O–H groups in total. The maximum absolute atomic E-state index is 14.1. The van der Waals surface area contributed by atoms with Crippen LogP contribution in [0.25, 0.3) is 0 Å². The minimum atomic E-state index is -0.623. The minimum Gasteiger partial charge on any atom is -0.345 e. The fraction of sp³-hybridized carbons (Fsp3) is 0.346. The fourth-order valence-corrected chi connectivity index (χ4v) is 5.51. The lowest BCUT2D eigenvalue weighted by atomic mass is 9.94. The van der Waals surface area contributed by atoms with Crippen LogP contribution in [0.15, 0.2) is 47.8 Å². The Morgan fingerprint density at radius 1 is 1.14 bits per heavy atom. The number of aromatic nitrogens is 1. The standard InChI is InChI=1S/C26H26ClF2N3O2S/c1-26(2,14-16-6-8-18(28)9-7-16)31-23(33)21-15-35-24(30-21)17-10-12-32(13-11-17)25(34)22-19(27)4-3-5-20(22)29/h3-9,15,17H,10-14H2,1-2H3,(H,31,33). The first-order chi connectivity index (χ1) is 16.6. The van der Waals surface area contributed by atoms with Crippen LogP contribution in [0.1, 0.15) is 64.0 Å². The van der Waals surface area contributed by atoms with E-state index in [0.717, 1.165) is 10.6 Å². The SMILES string of the molecule is CC(C)(Cc1ccc(F)cc1)NC(=O)c1csc(C2CCN(C(=O)c3c(F)cccc3Cl)CC2)n1. The third-order valence-electron chi connectivity index (χ3n) is 6.07. The highest BCUT2D eigenvalue weighted by molar-refractivity contribution is 7.09. The Kier molecular flexibility index (Phi) is 7.52. The molecular formula is C26H26ClF2N3O2S. The van der Waals surface area contributed by atoms with Gasteiger partial charge in [0.2, 0.25) is 0 Å². The summed E-state index contributed by atoms with van der Waals surface area (Å²) in [4.78, 5) is 31.8. The summed E-state index contributed by atoms with van der Waals surface area (Å²) in [5, 5.41) is 5.71. The quantitative estimate of drug-likeness (QED) is 0.446. The maximum atomic E-state index is 14.1. The zero-order valence-corrected chi connectivity index (χ0v) is 21.1. The number of piperidine rings is 1. The van der Waals surface area contributed by atoms with E-state index in [1.165, 1.54) is 41.7 Å². The van der Waals surface area contributed by atoms with Gasteiger partial charge < -0.3 is 10.2 Å². The lowest BCUT2D eigenvalue weighted by Gasteiger charge is -2.31. The van der Waals surface area contributed by atoms with Gasteiger partial charge in [-0.3, -0.25) is 9.59 Å². The average Bonchev–Trinajstić information content (AvgIpc) is 3.31. The summed E-state index contributed by atoms with van der Waals surface area (Å²) in [6.45, 7) is 4.74. The van der Waals surface area contributed by atoms with E-state index in [0.29, 0.717) is 38.0 Å². The van der Waals surface area contributed by atoms with Gasteiger partial charge in [0.25, 0.3) is 11.8 Å². The average molecular weight is 518 g/mol. The first-order valence-corrected chi connectivity index (χ1v) is 12.6. The molecule has 0 radical (unpaired) electrons. The van der Waals surface area contributed by atoms with Gasteiger partial charge in [-0.1, -0.05) is 29.8 Å². The third kappa shape index (κ3) is 6.05. The van der Waals surface area contributed by atoms with E-state index in [4.69, 9.17) is 11.6 Å². The minimum absolute atomic E-state index is 0.0934. The molecule has 184 valence electrons. The number of thiazole rings is 1. The van der Waals surface area contributed by atoms with Gasteiger partial charge in [-0.15, -0.1) is 11.3 Å². The number of halogens is 3. The number of hydrogen-bond acceptors (Lipinski definition) is 4. The first kappa shape index (κ1) is 25.3. The Bertz CT molecular complexity index is 1200. The van der Waals surface area contributed by atoms with E-state index >= 15 is 0 Å². The van der Waals surface area contributed by atoms with Crippen molar-refractivity contribution in [2.75, 3.05) is 13.1 Å². The molecule has 1 aromatic heterocycles. The van der Waals surface area contributed by atoms with Crippen molar-refractivity contribution >= 4 is 34.8 Å². The molecule has 1 aliphatic heterocycles. The second-order valence-corrected chi connectivity index (χ2v) is 10.7. The topological polar surface area (TPSA) is 62.3 Å². The highest BCUT2D eigenvalue weighted by atomic mass is 35.5. The molecule has 9 heteroatoms. The van der Waals surface area contributed by atoms with Crippen LogP contribution in [-0.2, 0) is 6.42 Å². The van der Waals surface area contributed by atoms with Gasteiger partial charge in [-0.2, -0.15) is 0 Å². The molecule has 0 spiro atoms. The van der Waals surface area contributed by atoms with Crippen molar-refractivity contribution in [3.63, 3.8) is 0 Å². The summed E-state index contributed by atoms with van der Waals surface area (Å²) < 4.78 is 27.3. The molecule has 2 heterocycles. The van der Waals surface area contributed by atoms with Crippen molar-refractivity contribution < 1.29 is 18.4 Å². The molecule has 1 fully saturated rings. The number of nitrogens with one attached hydrogen (secondary N) is 1. The highest BCUT2D eigenvalue weighted by Crippen LogP contribution is 2.32. The van der Waals surface area contributed by atoms with Crippen LogP contribution in [0.2, 0.25) is 5.02 Å². The van der Waals surface area contributed by atoms with Gasteiger partial charge in [-0.25, -0.2) is 13.8 Å².